The average molecular weight is 264 g/mol. The van der Waals surface area contributed by atoms with Crippen molar-refractivity contribution >= 4 is 9.84 Å². The smallest absolute Gasteiger partial charge is 0.184 e. The zero-order chi connectivity index (χ0) is 13.2. The van der Waals surface area contributed by atoms with Gasteiger partial charge in [-0.1, -0.05) is 36.3 Å². The molecule has 0 bridgehead atoms. The van der Waals surface area contributed by atoms with E-state index in [-0.39, 0.29) is 5.25 Å². The van der Waals surface area contributed by atoms with Crippen LogP contribution in [-0.4, -0.2) is 13.7 Å². The van der Waals surface area contributed by atoms with Crippen molar-refractivity contribution in [1.82, 2.24) is 0 Å². The first kappa shape index (κ1) is 13.3. The molecule has 1 atom stereocenters. The molecule has 2 rings (SSSR count). The van der Waals surface area contributed by atoms with Crippen LogP contribution in [0, 0.1) is 6.92 Å². The Morgan fingerprint density at radius 2 is 1.89 bits per heavy atom. The van der Waals surface area contributed by atoms with Crippen molar-refractivity contribution in [3.63, 3.8) is 0 Å². The third-order valence-corrected chi connectivity index (χ3v) is 5.71. The van der Waals surface area contributed by atoms with Crippen LogP contribution in [0.4, 0.5) is 0 Å². The summed E-state index contributed by atoms with van der Waals surface area (Å²) in [5.74, 6) is 0. The Hall–Kier alpha value is -1.09. The highest BCUT2D eigenvalue weighted by Crippen LogP contribution is 2.28. The van der Waals surface area contributed by atoms with Crippen LogP contribution in [0.5, 0.6) is 0 Å². The maximum atomic E-state index is 12.5. The van der Waals surface area contributed by atoms with Crippen LogP contribution in [0.2, 0.25) is 0 Å². The predicted molar refractivity (Wildman–Crippen MR) is 74.4 cm³/mol. The van der Waals surface area contributed by atoms with Crippen molar-refractivity contribution in [2.45, 2.75) is 49.7 Å². The van der Waals surface area contributed by atoms with E-state index in [9.17, 15) is 8.42 Å². The summed E-state index contributed by atoms with van der Waals surface area (Å²) in [6, 6.07) is 7.16. The summed E-state index contributed by atoms with van der Waals surface area (Å²) in [5, 5.41) is -0.330. The van der Waals surface area contributed by atoms with E-state index in [2.05, 4.69) is 6.92 Å². The number of rotatable bonds is 3. The zero-order valence-electron chi connectivity index (χ0n) is 11.0. The van der Waals surface area contributed by atoms with E-state index in [4.69, 9.17) is 0 Å². The molecule has 18 heavy (non-hydrogen) atoms. The molecule has 1 unspecified atom stereocenters. The van der Waals surface area contributed by atoms with E-state index in [1.807, 2.05) is 25.1 Å². The van der Waals surface area contributed by atoms with Gasteiger partial charge in [0.2, 0.25) is 0 Å². The van der Waals surface area contributed by atoms with E-state index in [0.717, 1.165) is 31.2 Å². The summed E-state index contributed by atoms with van der Waals surface area (Å²) in [6.07, 6.45) is 5.71. The first-order chi connectivity index (χ1) is 8.54. The van der Waals surface area contributed by atoms with Gasteiger partial charge in [-0.3, -0.25) is 0 Å². The number of hydrogen-bond donors (Lipinski definition) is 0. The van der Waals surface area contributed by atoms with Gasteiger partial charge in [0.1, 0.15) is 0 Å². The summed E-state index contributed by atoms with van der Waals surface area (Å²) >= 11 is 0. The molecule has 0 aliphatic heterocycles. The summed E-state index contributed by atoms with van der Waals surface area (Å²) in [6.45, 7) is 4.05. The Balaban J connectivity index is 2.34. The van der Waals surface area contributed by atoms with Crippen molar-refractivity contribution in [2.75, 3.05) is 0 Å². The molecular formula is C15H20O2S. The minimum Gasteiger partial charge on any atom is -0.223 e. The fraction of sp³-hybridized carbons (Fsp3) is 0.467. The standard InChI is InChI=1S/C15H20O2S/c1-3-13-5-4-6-15(11-13)18(16,17)14-9-7-12(2)8-10-14/h7-11,15H,3-6H2,1-2H3. The van der Waals surface area contributed by atoms with Crippen LogP contribution < -0.4 is 0 Å². The fourth-order valence-electron chi connectivity index (χ4n) is 2.40. The van der Waals surface area contributed by atoms with Crippen molar-refractivity contribution < 1.29 is 8.42 Å². The van der Waals surface area contributed by atoms with Crippen molar-refractivity contribution in [3.8, 4) is 0 Å². The van der Waals surface area contributed by atoms with Crippen LogP contribution >= 0.6 is 0 Å². The lowest BCUT2D eigenvalue weighted by molar-refractivity contribution is 0.573. The third-order valence-electron chi connectivity index (χ3n) is 3.61. The molecule has 2 nitrogen and oxygen atoms in total. The fourth-order valence-corrected chi connectivity index (χ4v) is 4.12. The molecule has 0 spiro atoms. The van der Waals surface area contributed by atoms with Crippen molar-refractivity contribution in [2.24, 2.45) is 0 Å². The first-order valence-electron chi connectivity index (χ1n) is 6.54. The van der Waals surface area contributed by atoms with Crippen LogP contribution in [0.25, 0.3) is 0 Å². The molecule has 1 aliphatic rings. The van der Waals surface area contributed by atoms with E-state index >= 15 is 0 Å². The topological polar surface area (TPSA) is 34.1 Å². The average Bonchev–Trinajstić information content (AvgIpc) is 2.39. The lowest BCUT2D eigenvalue weighted by atomic mass is 9.98. The predicted octanol–water partition coefficient (Wildman–Crippen LogP) is 3.66. The van der Waals surface area contributed by atoms with Gasteiger partial charge in [-0.15, -0.1) is 0 Å². The van der Waals surface area contributed by atoms with Gasteiger partial charge in [0.05, 0.1) is 10.1 Å². The van der Waals surface area contributed by atoms with E-state index in [0.29, 0.717) is 4.90 Å². The van der Waals surface area contributed by atoms with Gasteiger partial charge >= 0.3 is 0 Å². The maximum absolute atomic E-state index is 12.5. The summed E-state index contributed by atoms with van der Waals surface area (Å²) < 4.78 is 25.0. The molecule has 1 aromatic rings. The summed E-state index contributed by atoms with van der Waals surface area (Å²) in [7, 11) is -3.20. The van der Waals surface area contributed by atoms with E-state index in [1.54, 1.807) is 12.1 Å². The molecule has 0 saturated carbocycles. The van der Waals surface area contributed by atoms with Gasteiger partial charge < -0.3 is 0 Å². The second-order valence-electron chi connectivity index (χ2n) is 4.97. The molecule has 0 N–H and O–H groups in total. The number of aryl methyl sites for hydroxylation is 1. The largest absolute Gasteiger partial charge is 0.223 e. The molecular weight excluding hydrogens is 244 g/mol. The Kier molecular flexibility index (Phi) is 3.91. The normalized spacial score (nSPS) is 20.6. The molecule has 3 heteroatoms. The van der Waals surface area contributed by atoms with Crippen LogP contribution in [-0.2, 0) is 9.84 Å². The second kappa shape index (κ2) is 5.27. The first-order valence-corrected chi connectivity index (χ1v) is 8.09. The third kappa shape index (κ3) is 2.66. The van der Waals surface area contributed by atoms with Crippen LogP contribution in [0.3, 0.4) is 0 Å². The monoisotopic (exact) mass is 264 g/mol. The maximum Gasteiger partial charge on any atom is 0.184 e. The number of hydrogen-bond acceptors (Lipinski definition) is 2. The lowest BCUT2D eigenvalue weighted by Gasteiger charge is -2.21. The second-order valence-corrected chi connectivity index (χ2v) is 7.13. The molecule has 0 fully saturated rings. The van der Waals surface area contributed by atoms with Gasteiger partial charge in [0, 0.05) is 0 Å². The Bertz CT molecular complexity index is 538. The van der Waals surface area contributed by atoms with E-state index < -0.39 is 9.84 Å². The van der Waals surface area contributed by atoms with Gasteiger partial charge in [0.15, 0.2) is 9.84 Å². The highest BCUT2D eigenvalue weighted by atomic mass is 32.2. The lowest BCUT2D eigenvalue weighted by Crippen LogP contribution is -2.22. The highest BCUT2D eigenvalue weighted by molar-refractivity contribution is 7.92. The van der Waals surface area contributed by atoms with Gasteiger partial charge in [0.25, 0.3) is 0 Å². The van der Waals surface area contributed by atoms with E-state index in [1.165, 1.54) is 5.57 Å². The van der Waals surface area contributed by atoms with Crippen LogP contribution in [0.15, 0.2) is 40.8 Å². The molecule has 1 aliphatic carbocycles. The molecule has 0 aromatic heterocycles. The Labute approximate surface area is 110 Å². The SMILES string of the molecule is CCC1=CC(S(=O)(=O)c2ccc(C)cc2)CCC1. The van der Waals surface area contributed by atoms with Crippen molar-refractivity contribution in [1.29, 1.82) is 0 Å². The van der Waals surface area contributed by atoms with Gasteiger partial charge in [-0.25, -0.2) is 8.42 Å². The van der Waals surface area contributed by atoms with Crippen LogP contribution in [0.1, 0.15) is 38.2 Å². The molecule has 1 aromatic carbocycles. The quantitative estimate of drug-likeness (QED) is 0.781. The molecule has 0 saturated heterocycles. The summed E-state index contributed by atoms with van der Waals surface area (Å²) in [5.41, 5.74) is 2.37. The minimum atomic E-state index is -3.20. The highest BCUT2D eigenvalue weighted by Gasteiger charge is 2.27. The molecule has 98 valence electrons. The summed E-state index contributed by atoms with van der Waals surface area (Å²) in [4.78, 5) is 0.451. The molecule has 0 amide bonds. The van der Waals surface area contributed by atoms with Crippen molar-refractivity contribution in [3.05, 3.63) is 41.5 Å². The number of sulfone groups is 1. The minimum absolute atomic E-state index is 0.330. The number of allylic oxidation sites excluding steroid dienone is 1. The Morgan fingerprint density at radius 3 is 2.50 bits per heavy atom. The van der Waals surface area contributed by atoms with Gasteiger partial charge in [-0.05, 0) is 44.7 Å². The molecule has 0 heterocycles. The molecule has 0 radical (unpaired) electrons. The number of benzene rings is 1. The zero-order valence-corrected chi connectivity index (χ0v) is 11.8. The van der Waals surface area contributed by atoms with Gasteiger partial charge in [-0.2, -0.15) is 0 Å². The Morgan fingerprint density at radius 1 is 1.22 bits per heavy atom.